The van der Waals surface area contributed by atoms with Gasteiger partial charge in [0.1, 0.15) is 11.9 Å². The van der Waals surface area contributed by atoms with Gasteiger partial charge in [-0.05, 0) is 42.8 Å². The number of rotatable bonds is 5. The zero-order valence-electron chi connectivity index (χ0n) is 14.7. The van der Waals surface area contributed by atoms with E-state index < -0.39 is 28.1 Å². The highest BCUT2D eigenvalue weighted by atomic mass is 32.2. The van der Waals surface area contributed by atoms with Gasteiger partial charge < -0.3 is 10.4 Å². The van der Waals surface area contributed by atoms with Crippen molar-refractivity contribution in [3.8, 4) is 0 Å². The molecule has 1 saturated heterocycles. The molecular weight excluding hydrogens is 385 g/mol. The number of nitrogens with one attached hydrogen (secondary N) is 2. The Hall–Kier alpha value is -2.62. The van der Waals surface area contributed by atoms with Crippen molar-refractivity contribution in [2.75, 3.05) is 6.54 Å². The molecule has 0 aromatic heterocycles. The maximum atomic E-state index is 13.4. The lowest BCUT2D eigenvalue weighted by Gasteiger charge is -2.17. The summed E-state index contributed by atoms with van der Waals surface area (Å²) in [6, 6.07) is 4.61. The molecule has 9 heteroatoms. The highest BCUT2D eigenvalue weighted by molar-refractivity contribution is 7.89. The second kappa shape index (κ2) is 7.08. The summed E-state index contributed by atoms with van der Waals surface area (Å²) in [6.07, 6.45) is 5.28. The Morgan fingerprint density at radius 1 is 1.21 bits per heavy atom. The first-order valence-corrected chi connectivity index (χ1v) is 10.3. The second-order valence-electron chi connectivity index (χ2n) is 6.80. The standard InChI is InChI=1S/C19H18FN3O4S/c20-12-3-6-14-15(10-22-17(14)9-12)11-1-4-13(5-2-11)28(26,27)23-16-7-8-21-18(16)19(24)25/h1-6,10,16,18,21,23H,7-9H2,(H,24,25)/t16?,18-/m0/s1. The predicted molar refractivity (Wildman–Crippen MR) is 102 cm³/mol. The quantitative estimate of drug-likeness (QED) is 0.694. The number of carboxylic acid groups (broad SMARTS) is 1. The zero-order chi connectivity index (χ0) is 19.9. The average Bonchev–Trinajstić information content (AvgIpc) is 3.28. The number of carbonyl (C=O) groups is 1. The highest BCUT2D eigenvalue weighted by Crippen LogP contribution is 2.34. The first-order valence-electron chi connectivity index (χ1n) is 8.78. The summed E-state index contributed by atoms with van der Waals surface area (Å²) < 4.78 is 41.1. The molecule has 2 atom stereocenters. The highest BCUT2D eigenvalue weighted by Gasteiger charge is 2.35. The second-order valence-corrected chi connectivity index (χ2v) is 8.51. The van der Waals surface area contributed by atoms with Gasteiger partial charge in [-0.1, -0.05) is 12.1 Å². The van der Waals surface area contributed by atoms with Crippen molar-refractivity contribution in [3.05, 3.63) is 59.6 Å². The normalized spacial score (nSPS) is 24.2. The molecule has 0 saturated carbocycles. The van der Waals surface area contributed by atoms with Crippen LogP contribution < -0.4 is 10.0 Å². The fraction of sp³-hybridized carbons (Fsp3) is 0.263. The number of aliphatic imine (C=N–C) groups is 1. The number of halogens is 1. The summed E-state index contributed by atoms with van der Waals surface area (Å²) in [7, 11) is -3.86. The number of nitrogens with zero attached hydrogens (tertiary/aromatic N) is 1. The molecule has 28 heavy (non-hydrogen) atoms. The number of hydrogen-bond donors (Lipinski definition) is 3. The SMILES string of the molecule is O=C(O)[C@H]1NCCC1NS(=O)(=O)c1ccc(C2=CN=C3CC(F)=CC=C23)cc1. The van der Waals surface area contributed by atoms with Crippen LogP contribution >= 0.6 is 0 Å². The van der Waals surface area contributed by atoms with Crippen molar-refractivity contribution in [3.63, 3.8) is 0 Å². The van der Waals surface area contributed by atoms with Crippen molar-refractivity contribution in [2.24, 2.45) is 4.99 Å². The van der Waals surface area contributed by atoms with Gasteiger partial charge in [0.05, 0.1) is 10.6 Å². The van der Waals surface area contributed by atoms with Crippen molar-refractivity contribution in [1.29, 1.82) is 0 Å². The maximum absolute atomic E-state index is 13.4. The number of benzene rings is 1. The number of sulfonamides is 1. The third-order valence-corrected chi connectivity index (χ3v) is 6.49. The summed E-state index contributed by atoms with van der Waals surface area (Å²) in [6.45, 7) is 0.434. The molecule has 0 spiro atoms. The minimum absolute atomic E-state index is 0.0515. The van der Waals surface area contributed by atoms with E-state index in [1.165, 1.54) is 18.2 Å². The van der Waals surface area contributed by atoms with Crippen molar-refractivity contribution < 1.29 is 22.7 Å². The van der Waals surface area contributed by atoms with E-state index in [1.54, 1.807) is 24.4 Å². The van der Waals surface area contributed by atoms with Gasteiger partial charge in [-0.3, -0.25) is 9.79 Å². The number of hydrogen-bond acceptors (Lipinski definition) is 5. The van der Waals surface area contributed by atoms with Crippen LogP contribution in [0.4, 0.5) is 4.39 Å². The number of allylic oxidation sites excluding steroid dienone is 5. The lowest BCUT2D eigenvalue weighted by atomic mass is 9.93. The number of fused-ring (bicyclic) bond motifs is 1. The van der Waals surface area contributed by atoms with Crippen molar-refractivity contribution in [2.45, 2.75) is 29.8 Å². The van der Waals surface area contributed by atoms with Gasteiger partial charge in [0.2, 0.25) is 10.0 Å². The Bertz CT molecular complexity index is 1060. The molecule has 1 aromatic rings. The van der Waals surface area contributed by atoms with E-state index >= 15 is 0 Å². The molecule has 146 valence electrons. The molecule has 0 radical (unpaired) electrons. The Labute approximate surface area is 161 Å². The molecule has 0 bridgehead atoms. The Morgan fingerprint density at radius 3 is 2.68 bits per heavy atom. The third-order valence-electron chi connectivity index (χ3n) is 4.99. The topological polar surface area (TPSA) is 108 Å². The van der Waals surface area contributed by atoms with E-state index in [4.69, 9.17) is 0 Å². The third kappa shape index (κ3) is 3.44. The van der Waals surface area contributed by atoms with Gasteiger partial charge in [0, 0.05) is 29.8 Å². The molecule has 3 aliphatic rings. The Balaban J connectivity index is 1.53. The summed E-state index contributed by atoms with van der Waals surface area (Å²) in [5.41, 5.74) is 3.06. The summed E-state index contributed by atoms with van der Waals surface area (Å²) in [5.74, 6) is -1.33. The van der Waals surface area contributed by atoms with Crippen LogP contribution in [0.3, 0.4) is 0 Å². The van der Waals surface area contributed by atoms with Crippen LogP contribution in [-0.2, 0) is 14.8 Å². The van der Waals surface area contributed by atoms with E-state index in [0.717, 1.165) is 16.7 Å². The first kappa shape index (κ1) is 18.7. The van der Waals surface area contributed by atoms with E-state index in [9.17, 15) is 22.7 Å². The van der Waals surface area contributed by atoms with Crippen molar-refractivity contribution >= 4 is 27.3 Å². The average molecular weight is 403 g/mol. The van der Waals surface area contributed by atoms with Crippen LogP contribution in [0.5, 0.6) is 0 Å². The number of aliphatic carboxylic acids is 1. The Morgan fingerprint density at radius 2 is 1.96 bits per heavy atom. The monoisotopic (exact) mass is 403 g/mol. The molecular formula is C19H18FN3O4S. The van der Waals surface area contributed by atoms with Crippen LogP contribution in [0.1, 0.15) is 18.4 Å². The molecule has 1 aliphatic carbocycles. The zero-order valence-corrected chi connectivity index (χ0v) is 15.5. The Kier molecular flexibility index (Phi) is 4.74. The minimum Gasteiger partial charge on any atom is -0.480 e. The van der Waals surface area contributed by atoms with Gasteiger partial charge in [-0.2, -0.15) is 0 Å². The lowest BCUT2D eigenvalue weighted by molar-refractivity contribution is -0.139. The van der Waals surface area contributed by atoms with E-state index in [-0.39, 0.29) is 17.1 Å². The molecule has 0 amide bonds. The summed E-state index contributed by atoms with van der Waals surface area (Å²) in [5, 5.41) is 11.9. The van der Waals surface area contributed by atoms with Gasteiger partial charge in [-0.25, -0.2) is 17.5 Å². The molecule has 1 aromatic carbocycles. The molecule has 3 N–H and O–H groups in total. The molecule has 1 unspecified atom stereocenters. The smallest absolute Gasteiger partial charge is 0.322 e. The lowest BCUT2D eigenvalue weighted by Crippen LogP contribution is -2.47. The van der Waals surface area contributed by atoms with Gasteiger partial charge in [0.25, 0.3) is 0 Å². The van der Waals surface area contributed by atoms with Crippen LogP contribution in [-0.4, -0.2) is 43.8 Å². The van der Waals surface area contributed by atoms with Crippen LogP contribution in [0, 0.1) is 0 Å². The first-order chi connectivity index (χ1) is 13.3. The molecule has 1 fully saturated rings. The van der Waals surface area contributed by atoms with Gasteiger partial charge in [-0.15, -0.1) is 0 Å². The van der Waals surface area contributed by atoms with Crippen molar-refractivity contribution in [1.82, 2.24) is 10.0 Å². The van der Waals surface area contributed by atoms with E-state index in [2.05, 4.69) is 15.0 Å². The fourth-order valence-electron chi connectivity index (χ4n) is 3.56. The summed E-state index contributed by atoms with van der Waals surface area (Å²) >= 11 is 0. The minimum atomic E-state index is -3.86. The summed E-state index contributed by atoms with van der Waals surface area (Å²) in [4.78, 5) is 15.5. The fourth-order valence-corrected chi connectivity index (χ4v) is 4.84. The van der Waals surface area contributed by atoms with Gasteiger partial charge in [0.15, 0.2) is 0 Å². The van der Waals surface area contributed by atoms with Gasteiger partial charge >= 0.3 is 5.97 Å². The molecule has 2 aliphatic heterocycles. The largest absolute Gasteiger partial charge is 0.480 e. The predicted octanol–water partition coefficient (Wildman–Crippen LogP) is 1.76. The molecule has 4 rings (SSSR count). The van der Waals surface area contributed by atoms with E-state index in [1.807, 2.05) is 0 Å². The molecule has 2 heterocycles. The maximum Gasteiger partial charge on any atom is 0.322 e. The van der Waals surface area contributed by atoms with Crippen LogP contribution in [0.15, 0.2) is 63.9 Å². The van der Waals surface area contributed by atoms with Crippen LogP contribution in [0.25, 0.3) is 5.57 Å². The van der Waals surface area contributed by atoms with E-state index in [0.29, 0.717) is 18.7 Å². The molecule has 7 nitrogen and oxygen atoms in total. The number of carboxylic acids is 1. The van der Waals surface area contributed by atoms with Crippen LogP contribution in [0.2, 0.25) is 0 Å².